The van der Waals surface area contributed by atoms with E-state index < -0.39 is 12.0 Å². The number of hydrogen-bond acceptors (Lipinski definition) is 7. The fourth-order valence-corrected chi connectivity index (χ4v) is 6.79. The summed E-state index contributed by atoms with van der Waals surface area (Å²) >= 11 is 23.4. The molecule has 0 unspecified atom stereocenters. The lowest BCUT2D eigenvalue weighted by Gasteiger charge is -2.24. The summed E-state index contributed by atoms with van der Waals surface area (Å²) in [6, 6.07) is 15.1. The van der Waals surface area contributed by atoms with Gasteiger partial charge in [-0.15, -0.1) is 0 Å². The summed E-state index contributed by atoms with van der Waals surface area (Å²) in [4.78, 5) is 32.2. The molecule has 0 N–H and O–H groups in total. The van der Waals surface area contributed by atoms with E-state index in [1.807, 2.05) is 6.92 Å². The van der Waals surface area contributed by atoms with Crippen LogP contribution in [0.1, 0.15) is 43.5 Å². The van der Waals surface area contributed by atoms with Crippen LogP contribution in [0.25, 0.3) is 6.08 Å². The van der Waals surface area contributed by atoms with Gasteiger partial charge in [-0.1, -0.05) is 80.3 Å². The van der Waals surface area contributed by atoms with E-state index in [-0.39, 0.29) is 18.8 Å². The largest absolute Gasteiger partial charge is 0.490 e. The zero-order valence-electron chi connectivity index (χ0n) is 23.8. The van der Waals surface area contributed by atoms with Gasteiger partial charge in [0.1, 0.15) is 6.61 Å². The summed E-state index contributed by atoms with van der Waals surface area (Å²) in [7, 11) is 0. The summed E-state index contributed by atoms with van der Waals surface area (Å²) < 4.78 is 20.0. The molecular formula is C32H26BrCl3N2O5S. The Balaban J connectivity index is 1.58. The first-order valence-electron chi connectivity index (χ1n) is 13.6. The Morgan fingerprint density at radius 3 is 2.39 bits per heavy atom. The predicted octanol–water partition coefficient (Wildman–Crippen LogP) is 7.50. The van der Waals surface area contributed by atoms with Gasteiger partial charge < -0.3 is 14.2 Å². The third-order valence-electron chi connectivity index (χ3n) is 6.75. The molecule has 1 atom stereocenters. The topological polar surface area (TPSA) is 79.1 Å². The first-order chi connectivity index (χ1) is 21.1. The Labute approximate surface area is 281 Å². The first kappa shape index (κ1) is 32.3. The highest BCUT2D eigenvalue weighted by Gasteiger charge is 2.33. The SMILES string of the molecule is CCOC(=O)C1=C(C)N=c2s/c(=C\c3cc(OCC)c(OCc4ccc(Cl)cc4Cl)cc3Br)c(=O)n2[C@@H]1c1ccc(Cl)cc1. The summed E-state index contributed by atoms with van der Waals surface area (Å²) in [5, 5.41) is 1.58. The van der Waals surface area contributed by atoms with Gasteiger partial charge in [-0.05, 0) is 74.4 Å². The average Bonchev–Trinajstić information content (AvgIpc) is 3.28. The molecule has 0 fully saturated rings. The molecule has 0 spiro atoms. The summed E-state index contributed by atoms with van der Waals surface area (Å²) in [6.45, 7) is 6.15. The number of allylic oxidation sites excluding steroid dienone is 1. The minimum atomic E-state index is -0.734. The van der Waals surface area contributed by atoms with Gasteiger partial charge in [-0.25, -0.2) is 9.79 Å². The van der Waals surface area contributed by atoms with Crippen LogP contribution in [0.5, 0.6) is 11.5 Å². The van der Waals surface area contributed by atoms with Gasteiger partial charge in [0.05, 0.1) is 35.1 Å². The molecule has 1 aromatic heterocycles. The minimum absolute atomic E-state index is 0.190. The Bertz CT molecular complexity index is 1950. The molecule has 44 heavy (non-hydrogen) atoms. The Morgan fingerprint density at radius 2 is 1.70 bits per heavy atom. The molecule has 228 valence electrons. The molecule has 12 heteroatoms. The van der Waals surface area contributed by atoms with Crippen molar-refractivity contribution in [2.45, 2.75) is 33.4 Å². The van der Waals surface area contributed by atoms with Gasteiger partial charge in [0.25, 0.3) is 5.56 Å². The number of halogens is 4. The molecule has 0 aliphatic carbocycles. The molecule has 0 saturated carbocycles. The van der Waals surface area contributed by atoms with Crippen molar-refractivity contribution in [3.63, 3.8) is 0 Å². The van der Waals surface area contributed by atoms with Crippen molar-refractivity contribution in [2.24, 2.45) is 4.99 Å². The molecule has 4 aromatic rings. The number of ether oxygens (including phenoxy) is 3. The van der Waals surface area contributed by atoms with Gasteiger partial charge in [0.2, 0.25) is 0 Å². The van der Waals surface area contributed by atoms with Crippen LogP contribution in [0, 0.1) is 0 Å². The Morgan fingerprint density at radius 1 is 1.00 bits per heavy atom. The lowest BCUT2D eigenvalue weighted by Crippen LogP contribution is -2.39. The lowest BCUT2D eigenvalue weighted by molar-refractivity contribution is -0.139. The maximum absolute atomic E-state index is 14.0. The summed E-state index contributed by atoms with van der Waals surface area (Å²) in [5.74, 6) is 0.475. The first-order valence-corrected chi connectivity index (χ1v) is 16.3. The standard InChI is InChI=1S/C32H26BrCl3N2O5S/c1-4-41-25-12-20(23(33)15-26(25)43-16-19-8-11-22(35)14-24(19)36)13-27-30(39)38-29(18-6-9-21(34)10-7-18)28(31(40)42-5-2)17(3)37-32(38)44-27/h6-15,29H,4-5,16H2,1-3H3/b27-13-/t29-/m1/s1. The zero-order valence-corrected chi connectivity index (χ0v) is 28.5. The molecular weight excluding hydrogens is 711 g/mol. The molecule has 1 aliphatic rings. The van der Waals surface area contributed by atoms with Crippen LogP contribution in [0.2, 0.25) is 15.1 Å². The molecule has 3 aromatic carbocycles. The predicted molar refractivity (Wildman–Crippen MR) is 178 cm³/mol. The molecule has 5 rings (SSSR count). The number of benzene rings is 3. The normalized spacial score (nSPS) is 14.7. The number of hydrogen-bond donors (Lipinski definition) is 0. The Kier molecular flexibility index (Phi) is 10.2. The van der Waals surface area contributed by atoms with E-state index in [9.17, 15) is 9.59 Å². The van der Waals surface area contributed by atoms with E-state index in [0.29, 0.717) is 69.4 Å². The molecule has 7 nitrogen and oxygen atoms in total. The van der Waals surface area contributed by atoms with E-state index in [4.69, 9.17) is 49.0 Å². The van der Waals surface area contributed by atoms with Crippen LogP contribution >= 0.6 is 62.1 Å². The highest BCUT2D eigenvalue weighted by molar-refractivity contribution is 9.10. The third-order valence-corrected chi connectivity index (χ3v) is 9.26. The van der Waals surface area contributed by atoms with Crippen LogP contribution < -0.4 is 24.4 Å². The quantitative estimate of drug-likeness (QED) is 0.167. The highest BCUT2D eigenvalue weighted by atomic mass is 79.9. The maximum Gasteiger partial charge on any atom is 0.338 e. The van der Waals surface area contributed by atoms with Crippen LogP contribution in [0.3, 0.4) is 0 Å². The average molecular weight is 737 g/mol. The van der Waals surface area contributed by atoms with Gasteiger partial charge in [-0.3, -0.25) is 9.36 Å². The number of aromatic nitrogens is 1. The summed E-state index contributed by atoms with van der Waals surface area (Å²) in [5.41, 5.74) is 2.66. The van der Waals surface area contributed by atoms with E-state index >= 15 is 0 Å². The van der Waals surface area contributed by atoms with E-state index in [1.165, 1.54) is 15.9 Å². The van der Waals surface area contributed by atoms with Gasteiger partial charge in [-0.2, -0.15) is 0 Å². The number of esters is 1. The molecule has 2 heterocycles. The highest BCUT2D eigenvalue weighted by Crippen LogP contribution is 2.36. The van der Waals surface area contributed by atoms with E-state index in [0.717, 1.165) is 5.56 Å². The van der Waals surface area contributed by atoms with Crippen molar-refractivity contribution in [3.05, 3.63) is 122 Å². The monoisotopic (exact) mass is 734 g/mol. The van der Waals surface area contributed by atoms with Crippen molar-refractivity contribution in [3.8, 4) is 11.5 Å². The number of carbonyl (C=O) groups excluding carboxylic acids is 1. The fraction of sp³-hybridized carbons (Fsp3) is 0.219. The summed E-state index contributed by atoms with van der Waals surface area (Å²) in [6.07, 6.45) is 1.76. The van der Waals surface area contributed by atoms with Gasteiger partial charge in [0, 0.05) is 25.1 Å². The second-order valence-electron chi connectivity index (χ2n) is 9.63. The number of rotatable bonds is 9. The minimum Gasteiger partial charge on any atom is -0.490 e. The molecule has 0 amide bonds. The fourth-order valence-electron chi connectivity index (χ4n) is 4.73. The van der Waals surface area contributed by atoms with E-state index in [1.54, 1.807) is 74.5 Å². The molecule has 0 bridgehead atoms. The second-order valence-corrected chi connectivity index (χ2v) is 12.8. The van der Waals surface area contributed by atoms with Crippen LogP contribution in [0.4, 0.5) is 0 Å². The molecule has 0 saturated heterocycles. The maximum atomic E-state index is 14.0. The second kappa shape index (κ2) is 13.9. The van der Waals surface area contributed by atoms with Crippen molar-refractivity contribution in [1.82, 2.24) is 4.57 Å². The number of thiazole rings is 1. The Hall–Kier alpha value is -3.08. The van der Waals surface area contributed by atoms with Crippen molar-refractivity contribution in [1.29, 1.82) is 0 Å². The lowest BCUT2D eigenvalue weighted by atomic mass is 9.96. The number of carbonyl (C=O) groups is 1. The molecule has 1 aliphatic heterocycles. The van der Waals surface area contributed by atoms with Crippen LogP contribution in [-0.2, 0) is 16.1 Å². The number of nitrogens with zero attached hydrogens (tertiary/aromatic N) is 2. The van der Waals surface area contributed by atoms with Crippen LogP contribution in [-0.4, -0.2) is 23.8 Å². The third kappa shape index (κ3) is 6.77. The number of fused-ring (bicyclic) bond motifs is 1. The van der Waals surface area contributed by atoms with E-state index in [2.05, 4.69) is 20.9 Å². The van der Waals surface area contributed by atoms with Crippen molar-refractivity contribution >= 4 is 74.1 Å². The van der Waals surface area contributed by atoms with Crippen molar-refractivity contribution < 1.29 is 19.0 Å². The molecule has 0 radical (unpaired) electrons. The van der Waals surface area contributed by atoms with Crippen LogP contribution in [0.15, 0.2) is 80.1 Å². The van der Waals surface area contributed by atoms with Gasteiger partial charge in [0.15, 0.2) is 16.3 Å². The van der Waals surface area contributed by atoms with Crippen molar-refractivity contribution in [2.75, 3.05) is 13.2 Å². The zero-order chi connectivity index (χ0) is 31.5. The van der Waals surface area contributed by atoms with Gasteiger partial charge >= 0.3 is 5.97 Å². The smallest absolute Gasteiger partial charge is 0.338 e.